The predicted molar refractivity (Wildman–Crippen MR) is 121 cm³/mol. The molecule has 0 radical (unpaired) electrons. The first kappa shape index (κ1) is 18.7. The highest BCUT2D eigenvalue weighted by atomic mass is 32.2. The number of hydrogen-bond donors (Lipinski definition) is 2. The summed E-state index contributed by atoms with van der Waals surface area (Å²) in [5.74, 6) is 0.841. The van der Waals surface area contributed by atoms with Crippen LogP contribution in [0.5, 0.6) is 0 Å². The van der Waals surface area contributed by atoms with E-state index in [0.29, 0.717) is 0 Å². The van der Waals surface area contributed by atoms with Crippen LogP contribution in [0.4, 0.5) is 0 Å². The zero-order valence-electron chi connectivity index (χ0n) is 16.4. The van der Waals surface area contributed by atoms with Crippen LogP contribution in [0.1, 0.15) is 23.0 Å². The summed E-state index contributed by atoms with van der Waals surface area (Å²) in [7, 11) is 0. The molecule has 0 bridgehead atoms. The predicted octanol–water partition coefficient (Wildman–Crippen LogP) is 4.12. The van der Waals surface area contributed by atoms with E-state index in [1.54, 1.807) is 11.8 Å². The number of thioether (sulfide) groups is 1. The summed E-state index contributed by atoms with van der Waals surface area (Å²) < 4.78 is 1.96. The van der Waals surface area contributed by atoms with Crippen molar-refractivity contribution >= 4 is 17.5 Å². The van der Waals surface area contributed by atoms with Gasteiger partial charge in [-0.2, -0.15) is 0 Å². The lowest BCUT2D eigenvalue weighted by molar-refractivity contribution is -0.428. The van der Waals surface area contributed by atoms with Gasteiger partial charge in [0, 0.05) is 11.8 Å². The van der Waals surface area contributed by atoms with E-state index < -0.39 is 0 Å². The molecule has 0 spiro atoms. The van der Waals surface area contributed by atoms with Crippen molar-refractivity contribution in [3.05, 3.63) is 107 Å². The molecule has 6 heteroatoms. The van der Waals surface area contributed by atoms with Crippen LogP contribution >= 0.6 is 11.8 Å². The zero-order chi connectivity index (χ0) is 20.3. The second-order valence-electron chi connectivity index (χ2n) is 7.27. The first-order valence-electron chi connectivity index (χ1n) is 9.90. The number of quaternary nitrogens is 1. The van der Waals surface area contributed by atoms with Gasteiger partial charge >= 0.3 is 0 Å². The maximum Gasteiger partial charge on any atom is 0.214 e. The quantitative estimate of drug-likeness (QED) is 0.517. The number of aromatic nitrogens is 3. The molecule has 30 heavy (non-hydrogen) atoms. The molecule has 148 valence electrons. The minimum atomic E-state index is 0.00144. The number of hydrogen-bond acceptors (Lipinski definition) is 4. The molecule has 0 saturated carbocycles. The highest BCUT2D eigenvalue weighted by molar-refractivity contribution is 8.02. The van der Waals surface area contributed by atoms with Crippen LogP contribution in [0, 0.1) is 0 Å². The topological polar surface area (TPSA) is 70.4 Å². The molecule has 0 aliphatic carbocycles. The number of nitrogens with one attached hydrogen (secondary N) is 1. The van der Waals surface area contributed by atoms with Gasteiger partial charge in [0.25, 0.3) is 0 Å². The van der Waals surface area contributed by atoms with E-state index in [1.807, 2.05) is 16.8 Å². The van der Waals surface area contributed by atoms with E-state index in [0.717, 1.165) is 28.7 Å². The van der Waals surface area contributed by atoms with Gasteiger partial charge in [0.15, 0.2) is 6.04 Å². The molecule has 0 amide bonds. The summed E-state index contributed by atoms with van der Waals surface area (Å²) in [6.07, 6.45) is 0.816. The number of nitrogens with zero attached hydrogens (tertiary/aromatic N) is 3. The molecule has 4 aromatic rings. The monoisotopic (exact) mass is 412 g/mol. The third-order valence-corrected chi connectivity index (χ3v) is 5.99. The Kier molecular flexibility index (Phi) is 5.09. The minimum absolute atomic E-state index is 0.00144. The second kappa shape index (κ2) is 8.18. The maximum absolute atomic E-state index is 4.41. The van der Waals surface area contributed by atoms with Gasteiger partial charge < -0.3 is 5.73 Å². The van der Waals surface area contributed by atoms with Gasteiger partial charge in [-0.15, -0.1) is 10.2 Å². The molecular formula is C24H22N5S+. The third kappa shape index (κ3) is 3.75. The minimum Gasteiger partial charge on any atom is -0.348 e. The first-order valence-corrected chi connectivity index (χ1v) is 10.8. The van der Waals surface area contributed by atoms with Gasteiger partial charge in [0.2, 0.25) is 11.0 Å². The smallest absolute Gasteiger partial charge is 0.214 e. The lowest BCUT2D eigenvalue weighted by atomic mass is 10.0. The van der Waals surface area contributed by atoms with Crippen LogP contribution in [0.15, 0.2) is 95.5 Å². The third-order valence-electron chi connectivity index (χ3n) is 5.17. The van der Waals surface area contributed by atoms with Gasteiger partial charge in [-0.25, -0.2) is 4.68 Å². The van der Waals surface area contributed by atoms with Crippen LogP contribution in [-0.2, 0) is 6.42 Å². The Bertz CT molecular complexity index is 1170. The summed E-state index contributed by atoms with van der Waals surface area (Å²) in [6, 6.07) is 29.4. The van der Waals surface area contributed by atoms with Gasteiger partial charge in [-0.05, 0) is 22.3 Å². The molecule has 1 aliphatic heterocycles. The van der Waals surface area contributed by atoms with E-state index >= 15 is 0 Å². The molecule has 5 nitrogen and oxygen atoms in total. The molecule has 3 aromatic carbocycles. The summed E-state index contributed by atoms with van der Waals surface area (Å²) in [4.78, 5) is 0. The molecule has 1 atom stereocenters. The molecule has 5 rings (SSSR count). The van der Waals surface area contributed by atoms with Crippen molar-refractivity contribution in [2.24, 2.45) is 0 Å². The fraction of sp³-hybridized carbons (Fsp3) is 0.0833. The largest absolute Gasteiger partial charge is 0.348 e. The van der Waals surface area contributed by atoms with E-state index in [4.69, 9.17) is 0 Å². The van der Waals surface area contributed by atoms with Crippen molar-refractivity contribution in [1.82, 2.24) is 14.9 Å². The van der Waals surface area contributed by atoms with Crippen molar-refractivity contribution in [2.45, 2.75) is 17.6 Å². The van der Waals surface area contributed by atoms with E-state index in [-0.39, 0.29) is 6.04 Å². The van der Waals surface area contributed by atoms with Crippen LogP contribution in [-0.4, -0.2) is 14.9 Å². The Morgan fingerprint density at radius 3 is 2.17 bits per heavy atom. The van der Waals surface area contributed by atoms with Gasteiger partial charge in [0.05, 0.1) is 5.70 Å². The van der Waals surface area contributed by atoms with Crippen molar-refractivity contribution in [1.29, 1.82) is 0 Å². The normalized spacial score (nSPS) is 13.8. The van der Waals surface area contributed by atoms with E-state index in [1.165, 1.54) is 16.7 Å². The fourth-order valence-electron chi connectivity index (χ4n) is 3.58. The fourth-order valence-corrected chi connectivity index (χ4v) is 4.33. The molecular weight excluding hydrogens is 390 g/mol. The van der Waals surface area contributed by atoms with Crippen LogP contribution in [0.25, 0.3) is 16.8 Å². The van der Waals surface area contributed by atoms with Crippen molar-refractivity contribution in [3.8, 4) is 11.1 Å². The van der Waals surface area contributed by atoms with Gasteiger partial charge in [0.1, 0.15) is 0 Å². The molecule has 0 fully saturated rings. The number of rotatable bonds is 5. The van der Waals surface area contributed by atoms with Crippen LogP contribution in [0.2, 0.25) is 0 Å². The Labute approximate surface area is 179 Å². The molecule has 4 N–H and O–H groups in total. The maximum atomic E-state index is 4.41. The summed E-state index contributed by atoms with van der Waals surface area (Å²) >= 11 is 1.57. The van der Waals surface area contributed by atoms with Crippen molar-refractivity contribution < 1.29 is 5.73 Å². The standard InChI is InChI=1S/C24H21N5S/c25-21(15-17-7-3-1-4-8-17)23-26-27-24-29(23)28-22(16-30-24)20-13-11-19(12-14-20)18-9-5-2-6-10-18/h1-14,16,21,28H,15,25H2/p+1/t21-/m0/s1. The Morgan fingerprint density at radius 2 is 1.43 bits per heavy atom. The molecule has 2 heterocycles. The Balaban J connectivity index is 1.35. The molecule has 0 saturated heterocycles. The van der Waals surface area contributed by atoms with Gasteiger partial charge in [-0.1, -0.05) is 96.7 Å². The van der Waals surface area contributed by atoms with Gasteiger partial charge in [-0.3, -0.25) is 5.43 Å². The highest BCUT2D eigenvalue weighted by Gasteiger charge is 2.24. The van der Waals surface area contributed by atoms with Crippen LogP contribution in [0.3, 0.4) is 0 Å². The van der Waals surface area contributed by atoms with Crippen molar-refractivity contribution in [2.75, 3.05) is 5.43 Å². The summed E-state index contributed by atoms with van der Waals surface area (Å²) in [6.45, 7) is 0. The Hall–Kier alpha value is -3.35. The molecule has 0 unspecified atom stereocenters. The summed E-state index contributed by atoms with van der Waals surface area (Å²) in [5.41, 5.74) is 13.6. The van der Waals surface area contributed by atoms with E-state index in [2.05, 4.69) is 99.6 Å². The first-order chi connectivity index (χ1) is 14.8. The zero-order valence-corrected chi connectivity index (χ0v) is 17.2. The number of fused-ring (bicyclic) bond motifs is 1. The molecule has 1 aliphatic rings. The lowest BCUT2D eigenvalue weighted by Crippen LogP contribution is -2.56. The second-order valence-corrected chi connectivity index (χ2v) is 8.10. The van der Waals surface area contributed by atoms with E-state index in [9.17, 15) is 0 Å². The SMILES string of the molecule is [NH3+][C@@H](Cc1ccccc1)c1nnc2n1NC(c1ccc(-c3ccccc3)cc1)=CS2. The number of benzene rings is 3. The van der Waals surface area contributed by atoms with Crippen molar-refractivity contribution in [3.63, 3.8) is 0 Å². The highest BCUT2D eigenvalue weighted by Crippen LogP contribution is 2.30. The summed E-state index contributed by atoms with van der Waals surface area (Å²) in [5, 5.41) is 11.7. The molecule has 1 aromatic heterocycles. The Morgan fingerprint density at radius 1 is 0.800 bits per heavy atom. The average molecular weight is 413 g/mol. The average Bonchev–Trinajstić information content (AvgIpc) is 3.24. The van der Waals surface area contributed by atoms with Crippen LogP contribution < -0.4 is 11.2 Å². The lowest BCUT2D eigenvalue weighted by Gasteiger charge is -2.20.